The van der Waals surface area contributed by atoms with Crippen molar-refractivity contribution in [2.45, 2.75) is 50.5 Å². The molecule has 0 atom stereocenters. The molecule has 0 aliphatic carbocycles. The number of aryl methyl sites for hydroxylation is 1. The summed E-state index contributed by atoms with van der Waals surface area (Å²) in [5, 5.41) is 0. The van der Waals surface area contributed by atoms with Crippen molar-refractivity contribution >= 4 is 22.4 Å². The van der Waals surface area contributed by atoms with Gasteiger partial charge >= 0.3 is 0 Å². The number of likely N-dealkylation sites (tertiary alicyclic amines) is 1. The first-order valence-corrected chi connectivity index (χ1v) is 9.37. The van der Waals surface area contributed by atoms with Crippen molar-refractivity contribution in [2.24, 2.45) is 0 Å². The Bertz CT molecular complexity index is 538. The fraction of sp³-hybridized carbons (Fsp3) is 0.625. The Morgan fingerprint density at radius 1 is 1.14 bits per heavy atom. The van der Waals surface area contributed by atoms with Crippen LogP contribution in [0.25, 0.3) is 0 Å². The monoisotopic (exact) mass is 346 g/mol. The molecule has 0 unspecified atom stereocenters. The molecule has 0 spiro atoms. The molecule has 0 amide bonds. The van der Waals surface area contributed by atoms with Crippen molar-refractivity contribution in [1.29, 1.82) is 0 Å². The smallest absolute Gasteiger partial charge is 0.240 e. The Morgan fingerprint density at radius 2 is 1.73 bits per heavy atom. The van der Waals surface area contributed by atoms with Crippen LogP contribution in [-0.4, -0.2) is 39.0 Å². The third-order valence-electron chi connectivity index (χ3n) is 4.09. The van der Waals surface area contributed by atoms with Gasteiger partial charge in [0, 0.05) is 6.04 Å². The Morgan fingerprint density at radius 3 is 2.23 bits per heavy atom. The number of nitrogens with zero attached hydrogens (tertiary/aromatic N) is 1. The lowest BCUT2D eigenvalue weighted by molar-refractivity contribution is 0.208. The fourth-order valence-electron chi connectivity index (χ4n) is 2.78. The third kappa shape index (κ3) is 5.23. The van der Waals surface area contributed by atoms with E-state index in [0.29, 0.717) is 4.90 Å². The van der Waals surface area contributed by atoms with E-state index >= 15 is 0 Å². The van der Waals surface area contributed by atoms with Crippen LogP contribution in [0, 0.1) is 0 Å². The fourth-order valence-corrected chi connectivity index (χ4v) is 4.09. The summed E-state index contributed by atoms with van der Waals surface area (Å²) in [7, 11) is -3.38. The number of sulfonamides is 1. The van der Waals surface area contributed by atoms with Gasteiger partial charge in [0.1, 0.15) is 0 Å². The average molecular weight is 347 g/mol. The maximum absolute atomic E-state index is 12.4. The second kappa shape index (κ2) is 8.87. The van der Waals surface area contributed by atoms with Crippen molar-refractivity contribution in [1.82, 2.24) is 9.62 Å². The van der Waals surface area contributed by atoms with Gasteiger partial charge in [0.2, 0.25) is 10.0 Å². The number of rotatable bonds is 6. The van der Waals surface area contributed by atoms with E-state index in [1.54, 1.807) is 12.1 Å². The zero-order chi connectivity index (χ0) is 15.3. The Balaban J connectivity index is 0.00000242. The molecule has 1 aromatic carbocycles. The molecule has 22 heavy (non-hydrogen) atoms. The normalized spacial score (nSPS) is 17.2. The molecule has 4 nitrogen and oxygen atoms in total. The van der Waals surface area contributed by atoms with Crippen molar-refractivity contribution < 1.29 is 8.42 Å². The highest BCUT2D eigenvalue weighted by molar-refractivity contribution is 7.89. The van der Waals surface area contributed by atoms with Crippen LogP contribution in [0.5, 0.6) is 0 Å². The van der Waals surface area contributed by atoms with Crippen LogP contribution in [0.1, 0.15) is 38.7 Å². The van der Waals surface area contributed by atoms with Crippen molar-refractivity contribution in [2.75, 3.05) is 19.6 Å². The predicted molar refractivity (Wildman–Crippen MR) is 93.1 cm³/mol. The van der Waals surface area contributed by atoms with Crippen LogP contribution in [0.4, 0.5) is 0 Å². The van der Waals surface area contributed by atoms with Crippen LogP contribution < -0.4 is 4.72 Å². The molecule has 1 N–H and O–H groups in total. The molecule has 1 aliphatic heterocycles. The van der Waals surface area contributed by atoms with Crippen molar-refractivity contribution in [3.05, 3.63) is 29.8 Å². The highest BCUT2D eigenvalue weighted by atomic mass is 35.5. The third-order valence-corrected chi connectivity index (χ3v) is 5.63. The Hall–Kier alpha value is -0.620. The standard InChI is InChI=1S/C16H26N2O2S.ClH/c1-3-11-18-12-9-15(10-13-18)17-21(19,20)16-7-5-14(4-2)6-8-16;/h5-8,15,17H,3-4,9-13H2,1-2H3;1H. The summed E-state index contributed by atoms with van der Waals surface area (Å²) in [5.41, 5.74) is 1.15. The Labute approximate surface area is 140 Å². The van der Waals surface area contributed by atoms with E-state index < -0.39 is 10.0 Å². The predicted octanol–water partition coefficient (Wildman–Crippen LogP) is 2.82. The molecule has 1 fully saturated rings. The average Bonchev–Trinajstić information content (AvgIpc) is 2.49. The molecule has 6 heteroatoms. The minimum absolute atomic E-state index is 0. The molecule has 0 bridgehead atoms. The van der Waals surface area contributed by atoms with E-state index in [9.17, 15) is 8.42 Å². The number of halogens is 1. The molecule has 2 rings (SSSR count). The number of benzene rings is 1. The van der Waals surface area contributed by atoms with Crippen LogP contribution in [0.2, 0.25) is 0 Å². The van der Waals surface area contributed by atoms with Gasteiger partial charge in [0.15, 0.2) is 0 Å². The maximum Gasteiger partial charge on any atom is 0.240 e. The van der Waals surface area contributed by atoms with Crippen LogP contribution in [-0.2, 0) is 16.4 Å². The SMILES string of the molecule is CCCN1CCC(NS(=O)(=O)c2ccc(CC)cc2)CC1.Cl. The highest BCUT2D eigenvalue weighted by Crippen LogP contribution is 2.16. The minimum atomic E-state index is -3.38. The summed E-state index contributed by atoms with van der Waals surface area (Å²) < 4.78 is 27.6. The molecule has 0 saturated carbocycles. The Kier molecular flexibility index (Phi) is 7.83. The first-order chi connectivity index (χ1) is 10.0. The molecular weight excluding hydrogens is 320 g/mol. The van der Waals surface area contributed by atoms with E-state index in [4.69, 9.17) is 0 Å². The number of hydrogen-bond acceptors (Lipinski definition) is 3. The van der Waals surface area contributed by atoms with Crippen LogP contribution in [0.3, 0.4) is 0 Å². The van der Waals surface area contributed by atoms with Gasteiger partial charge in [-0.2, -0.15) is 0 Å². The van der Waals surface area contributed by atoms with E-state index in [2.05, 4.69) is 23.5 Å². The van der Waals surface area contributed by atoms with Gasteiger partial charge in [-0.25, -0.2) is 13.1 Å². The maximum atomic E-state index is 12.4. The topological polar surface area (TPSA) is 49.4 Å². The van der Waals surface area contributed by atoms with Crippen molar-refractivity contribution in [3.63, 3.8) is 0 Å². The summed E-state index contributed by atoms with van der Waals surface area (Å²) in [6.45, 7) is 7.31. The van der Waals surface area contributed by atoms with Gasteiger partial charge < -0.3 is 4.90 Å². The van der Waals surface area contributed by atoms with Crippen LogP contribution in [0.15, 0.2) is 29.2 Å². The zero-order valence-electron chi connectivity index (χ0n) is 13.4. The molecule has 1 heterocycles. The molecule has 0 radical (unpaired) electrons. The van der Waals surface area contributed by atoms with Gasteiger partial charge in [-0.15, -0.1) is 12.4 Å². The lowest BCUT2D eigenvalue weighted by Gasteiger charge is -2.31. The molecule has 126 valence electrons. The summed E-state index contributed by atoms with van der Waals surface area (Å²) >= 11 is 0. The van der Waals surface area contributed by atoms with Gasteiger partial charge in [-0.1, -0.05) is 26.0 Å². The summed E-state index contributed by atoms with van der Waals surface area (Å²) in [4.78, 5) is 2.77. The number of hydrogen-bond donors (Lipinski definition) is 1. The number of nitrogens with one attached hydrogen (secondary N) is 1. The lowest BCUT2D eigenvalue weighted by Crippen LogP contribution is -2.44. The minimum Gasteiger partial charge on any atom is -0.303 e. The van der Waals surface area contributed by atoms with Crippen molar-refractivity contribution in [3.8, 4) is 0 Å². The first kappa shape index (κ1) is 19.4. The molecule has 0 aromatic heterocycles. The van der Waals surface area contributed by atoms with Gasteiger partial charge in [-0.05, 0) is 63.0 Å². The summed E-state index contributed by atoms with van der Waals surface area (Å²) in [5.74, 6) is 0. The first-order valence-electron chi connectivity index (χ1n) is 7.88. The second-order valence-corrected chi connectivity index (χ2v) is 7.45. The second-order valence-electron chi connectivity index (χ2n) is 5.73. The van der Waals surface area contributed by atoms with Gasteiger partial charge in [-0.3, -0.25) is 0 Å². The van der Waals surface area contributed by atoms with E-state index in [1.807, 2.05) is 12.1 Å². The van der Waals surface area contributed by atoms with E-state index in [0.717, 1.165) is 50.9 Å². The van der Waals surface area contributed by atoms with Gasteiger partial charge in [0.25, 0.3) is 0 Å². The molecule has 1 saturated heterocycles. The lowest BCUT2D eigenvalue weighted by atomic mass is 10.1. The molecule has 1 aromatic rings. The largest absolute Gasteiger partial charge is 0.303 e. The summed E-state index contributed by atoms with van der Waals surface area (Å²) in [6, 6.07) is 7.24. The quantitative estimate of drug-likeness (QED) is 0.861. The van der Waals surface area contributed by atoms with Crippen LogP contribution >= 0.6 is 12.4 Å². The molecular formula is C16H27ClN2O2S. The van der Waals surface area contributed by atoms with E-state index in [-0.39, 0.29) is 18.4 Å². The number of piperidine rings is 1. The van der Waals surface area contributed by atoms with Gasteiger partial charge in [0.05, 0.1) is 4.90 Å². The summed E-state index contributed by atoms with van der Waals surface area (Å²) in [6.07, 6.45) is 3.86. The van der Waals surface area contributed by atoms with E-state index in [1.165, 1.54) is 0 Å². The highest BCUT2D eigenvalue weighted by Gasteiger charge is 2.24. The zero-order valence-corrected chi connectivity index (χ0v) is 15.0. The molecule has 1 aliphatic rings.